The largest absolute Gasteiger partial charge is 0.396 e. The summed E-state index contributed by atoms with van der Waals surface area (Å²) < 4.78 is 0. The van der Waals surface area contributed by atoms with Gasteiger partial charge in [-0.3, -0.25) is 0 Å². The van der Waals surface area contributed by atoms with Crippen LogP contribution in [-0.2, 0) is 0 Å². The van der Waals surface area contributed by atoms with Gasteiger partial charge in [0, 0.05) is 12.2 Å². The topological polar surface area (TPSA) is 64.9 Å². The van der Waals surface area contributed by atoms with Gasteiger partial charge in [-0.1, -0.05) is 11.6 Å². The lowest BCUT2D eigenvalue weighted by Gasteiger charge is -2.05. The molecule has 0 fully saturated rings. The van der Waals surface area contributed by atoms with Gasteiger partial charge in [-0.15, -0.1) is 0 Å². The van der Waals surface area contributed by atoms with E-state index in [2.05, 4.69) is 4.98 Å². The number of hydrogen-bond donors (Lipinski definition) is 2. The van der Waals surface area contributed by atoms with Crippen LogP contribution in [0.25, 0.3) is 0 Å². The van der Waals surface area contributed by atoms with Gasteiger partial charge in [0.05, 0.1) is 5.69 Å². The third-order valence-electron chi connectivity index (χ3n) is 1.41. The number of halogens is 1. The zero-order valence-electron chi connectivity index (χ0n) is 6.21. The van der Waals surface area contributed by atoms with E-state index in [4.69, 9.17) is 23.1 Å². The zero-order valence-corrected chi connectivity index (χ0v) is 6.97. The second-order valence-electron chi connectivity index (χ2n) is 2.44. The van der Waals surface area contributed by atoms with E-state index in [1.165, 1.54) is 0 Å². The first-order valence-corrected chi connectivity index (χ1v) is 3.65. The minimum Gasteiger partial charge on any atom is -0.396 e. The lowest BCUT2D eigenvalue weighted by atomic mass is 10.1. The molecule has 0 aliphatic carbocycles. The van der Waals surface area contributed by atoms with Crippen LogP contribution in [0.3, 0.4) is 0 Å². The summed E-state index contributed by atoms with van der Waals surface area (Å²) >= 11 is 5.61. The molecule has 0 radical (unpaired) electrons. The summed E-state index contributed by atoms with van der Waals surface area (Å²) in [5.74, 6) is 0. The Kier molecular flexibility index (Phi) is 2.31. The Morgan fingerprint density at radius 1 is 1.64 bits per heavy atom. The number of pyridine rings is 1. The molecule has 60 valence electrons. The standard InChI is InChI=1S/C7H10ClN3/c1-4(9)5-2-6(10)7(8)11-3-5/h2-4H,9-10H2,1H3/t4-/m1/s1. The first kappa shape index (κ1) is 8.30. The minimum absolute atomic E-state index is 0.0536. The van der Waals surface area contributed by atoms with Gasteiger partial charge in [-0.2, -0.15) is 0 Å². The zero-order chi connectivity index (χ0) is 8.43. The fourth-order valence-corrected chi connectivity index (χ4v) is 0.834. The van der Waals surface area contributed by atoms with Crippen molar-refractivity contribution in [3.05, 3.63) is 23.0 Å². The van der Waals surface area contributed by atoms with E-state index in [0.29, 0.717) is 10.8 Å². The van der Waals surface area contributed by atoms with Crippen LogP contribution in [-0.4, -0.2) is 4.98 Å². The van der Waals surface area contributed by atoms with Gasteiger partial charge in [0.25, 0.3) is 0 Å². The highest BCUT2D eigenvalue weighted by atomic mass is 35.5. The average Bonchev–Trinajstić information content (AvgIpc) is 1.94. The van der Waals surface area contributed by atoms with E-state index in [1.807, 2.05) is 6.92 Å². The number of rotatable bonds is 1. The van der Waals surface area contributed by atoms with E-state index in [9.17, 15) is 0 Å². The summed E-state index contributed by atoms with van der Waals surface area (Å²) in [4.78, 5) is 3.86. The van der Waals surface area contributed by atoms with Gasteiger partial charge in [0.15, 0.2) is 5.15 Å². The summed E-state index contributed by atoms with van der Waals surface area (Å²) in [7, 11) is 0. The Balaban J connectivity index is 3.05. The highest BCUT2D eigenvalue weighted by Crippen LogP contribution is 2.18. The Morgan fingerprint density at radius 2 is 2.27 bits per heavy atom. The van der Waals surface area contributed by atoms with E-state index in [0.717, 1.165) is 5.56 Å². The molecule has 1 atom stereocenters. The predicted octanol–water partition coefficient (Wildman–Crippen LogP) is 1.34. The Hall–Kier alpha value is -0.800. The van der Waals surface area contributed by atoms with Crippen molar-refractivity contribution < 1.29 is 0 Å². The molecule has 3 nitrogen and oxygen atoms in total. The van der Waals surface area contributed by atoms with Crippen LogP contribution < -0.4 is 11.5 Å². The Bertz CT molecular complexity index is 260. The molecule has 0 aliphatic rings. The number of nitrogens with zero attached hydrogens (tertiary/aromatic N) is 1. The molecule has 0 spiro atoms. The van der Waals surface area contributed by atoms with Gasteiger partial charge in [-0.25, -0.2) is 4.98 Å². The van der Waals surface area contributed by atoms with Gasteiger partial charge < -0.3 is 11.5 Å². The maximum atomic E-state index is 5.61. The highest BCUT2D eigenvalue weighted by molar-refractivity contribution is 6.31. The van der Waals surface area contributed by atoms with Crippen molar-refractivity contribution >= 4 is 17.3 Å². The lowest BCUT2D eigenvalue weighted by molar-refractivity contribution is 0.812. The molecule has 0 aliphatic heterocycles. The summed E-state index contributed by atoms with van der Waals surface area (Å²) in [6.45, 7) is 1.87. The number of nitrogen functional groups attached to an aromatic ring is 1. The van der Waals surface area contributed by atoms with Crippen molar-refractivity contribution in [3.63, 3.8) is 0 Å². The van der Waals surface area contributed by atoms with Crippen molar-refractivity contribution in [3.8, 4) is 0 Å². The molecule has 1 aromatic heterocycles. The molecule has 4 heteroatoms. The molecule has 0 aromatic carbocycles. The summed E-state index contributed by atoms with van der Waals surface area (Å²) in [5, 5.41) is 0.328. The van der Waals surface area contributed by atoms with Crippen LogP contribution in [0.4, 0.5) is 5.69 Å². The molecular formula is C7H10ClN3. The summed E-state index contributed by atoms with van der Waals surface area (Å²) in [6, 6.07) is 1.68. The molecule has 0 saturated heterocycles. The normalized spacial score (nSPS) is 13.0. The van der Waals surface area contributed by atoms with Crippen molar-refractivity contribution in [2.75, 3.05) is 5.73 Å². The van der Waals surface area contributed by atoms with Crippen LogP contribution in [0.5, 0.6) is 0 Å². The van der Waals surface area contributed by atoms with Crippen LogP contribution in [0.15, 0.2) is 12.3 Å². The molecule has 11 heavy (non-hydrogen) atoms. The molecular weight excluding hydrogens is 162 g/mol. The second kappa shape index (κ2) is 3.07. The van der Waals surface area contributed by atoms with Gasteiger partial charge in [-0.05, 0) is 18.6 Å². The number of nitrogens with two attached hydrogens (primary N) is 2. The molecule has 0 unspecified atom stereocenters. The molecule has 0 bridgehead atoms. The average molecular weight is 172 g/mol. The van der Waals surface area contributed by atoms with E-state index >= 15 is 0 Å². The highest BCUT2D eigenvalue weighted by Gasteiger charge is 2.02. The van der Waals surface area contributed by atoms with Crippen molar-refractivity contribution in [1.29, 1.82) is 0 Å². The van der Waals surface area contributed by atoms with Crippen LogP contribution in [0.1, 0.15) is 18.5 Å². The molecule has 1 rings (SSSR count). The monoisotopic (exact) mass is 171 g/mol. The van der Waals surface area contributed by atoms with Crippen LogP contribution in [0.2, 0.25) is 5.15 Å². The molecule has 0 amide bonds. The minimum atomic E-state index is -0.0536. The molecule has 1 aromatic rings. The fraction of sp³-hybridized carbons (Fsp3) is 0.286. The van der Waals surface area contributed by atoms with Crippen molar-refractivity contribution in [2.24, 2.45) is 5.73 Å². The van der Waals surface area contributed by atoms with E-state index in [-0.39, 0.29) is 6.04 Å². The SMILES string of the molecule is C[C@@H](N)c1cnc(Cl)c(N)c1. The summed E-state index contributed by atoms with van der Waals surface area (Å²) in [5.41, 5.74) is 12.5. The first-order valence-electron chi connectivity index (χ1n) is 3.27. The molecule has 0 saturated carbocycles. The van der Waals surface area contributed by atoms with E-state index in [1.54, 1.807) is 12.3 Å². The fourth-order valence-electron chi connectivity index (χ4n) is 0.731. The summed E-state index contributed by atoms with van der Waals surface area (Å²) in [6.07, 6.45) is 1.63. The number of anilines is 1. The smallest absolute Gasteiger partial charge is 0.151 e. The quantitative estimate of drug-likeness (QED) is 0.627. The predicted molar refractivity (Wildman–Crippen MR) is 46.3 cm³/mol. The number of hydrogen-bond acceptors (Lipinski definition) is 3. The van der Waals surface area contributed by atoms with Gasteiger partial charge in [0.2, 0.25) is 0 Å². The molecule has 1 heterocycles. The van der Waals surface area contributed by atoms with E-state index < -0.39 is 0 Å². The number of aromatic nitrogens is 1. The second-order valence-corrected chi connectivity index (χ2v) is 2.80. The Morgan fingerprint density at radius 3 is 2.73 bits per heavy atom. The Labute approximate surface area is 70.4 Å². The van der Waals surface area contributed by atoms with Gasteiger partial charge in [0.1, 0.15) is 0 Å². The van der Waals surface area contributed by atoms with Crippen LogP contribution in [0, 0.1) is 0 Å². The third kappa shape index (κ3) is 1.82. The lowest BCUT2D eigenvalue weighted by Crippen LogP contribution is -2.06. The van der Waals surface area contributed by atoms with Crippen molar-refractivity contribution in [1.82, 2.24) is 4.98 Å². The van der Waals surface area contributed by atoms with Crippen LogP contribution >= 0.6 is 11.6 Å². The third-order valence-corrected chi connectivity index (χ3v) is 1.73. The maximum absolute atomic E-state index is 5.61. The first-order chi connectivity index (χ1) is 5.11. The van der Waals surface area contributed by atoms with Crippen molar-refractivity contribution in [2.45, 2.75) is 13.0 Å². The van der Waals surface area contributed by atoms with Gasteiger partial charge >= 0.3 is 0 Å². The molecule has 4 N–H and O–H groups in total. The maximum Gasteiger partial charge on any atom is 0.151 e.